The van der Waals surface area contributed by atoms with Crippen LogP contribution < -0.4 is 10.6 Å². The second-order valence-corrected chi connectivity index (χ2v) is 7.13. The van der Waals surface area contributed by atoms with Crippen molar-refractivity contribution in [3.05, 3.63) is 20.8 Å². The minimum absolute atomic E-state index is 0.108. The summed E-state index contributed by atoms with van der Waals surface area (Å²) in [6.45, 7) is 6.55. The first kappa shape index (κ1) is 13.5. The molecule has 1 rings (SSSR count). The zero-order valence-electron chi connectivity index (χ0n) is 9.76. The van der Waals surface area contributed by atoms with Crippen molar-refractivity contribution < 1.29 is 4.79 Å². The quantitative estimate of drug-likeness (QED) is 0.885. The molecule has 5 heteroatoms. The maximum Gasteiger partial charge on any atom is 0.315 e. The Morgan fingerprint density at radius 3 is 2.62 bits per heavy atom. The summed E-state index contributed by atoms with van der Waals surface area (Å²) in [7, 11) is 0. The molecule has 0 atom stereocenters. The number of nitrogens with one attached hydrogen (secondary N) is 2. The van der Waals surface area contributed by atoms with Crippen LogP contribution in [0.2, 0.25) is 0 Å². The Morgan fingerprint density at radius 2 is 2.12 bits per heavy atom. The molecule has 0 radical (unpaired) electrons. The van der Waals surface area contributed by atoms with Crippen LogP contribution in [0, 0.1) is 0 Å². The summed E-state index contributed by atoms with van der Waals surface area (Å²) in [6, 6.07) is 3.98. The van der Waals surface area contributed by atoms with Crippen LogP contribution in [-0.4, -0.2) is 18.1 Å². The van der Waals surface area contributed by atoms with Gasteiger partial charge in [0.1, 0.15) is 0 Å². The van der Waals surface area contributed by atoms with Crippen molar-refractivity contribution in [2.75, 3.05) is 6.54 Å². The average Bonchev–Trinajstić information content (AvgIpc) is 2.48. The summed E-state index contributed by atoms with van der Waals surface area (Å²) in [6.07, 6.45) is 0.869. The van der Waals surface area contributed by atoms with E-state index >= 15 is 0 Å². The average molecular weight is 305 g/mol. The van der Waals surface area contributed by atoms with E-state index in [4.69, 9.17) is 0 Å². The van der Waals surface area contributed by atoms with E-state index < -0.39 is 0 Å². The third-order valence-corrected chi connectivity index (χ3v) is 3.46. The van der Waals surface area contributed by atoms with Crippen molar-refractivity contribution in [3.8, 4) is 0 Å². The van der Waals surface area contributed by atoms with E-state index in [9.17, 15) is 4.79 Å². The lowest BCUT2D eigenvalue weighted by Crippen LogP contribution is -2.46. The summed E-state index contributed by atoms with van der Waals surface area (Å²) >= 11 is 5.11. The zero-order valence-corrected chi connectivity index (χ0v) is 12.2. The first-order valence-electron chi connectivity index (χ1n) is 5.17. The largest absolute Gasteiger partial charge is 0.338 e. The van der Waals surface area contributed by atoms with Gasteiger partial charge in [-0.2, -0.15) is 0 Å². The van der Waals surface area contributed by atoms with Gasteiger partial charge in [-0.3, -0.25) is 0 Å². The number of amides is 2. The van der Waals surface area contributed by atoms with E-state index in [0.29, 0.717) is 6.54 Å². The minimum Gasteiger partial charge on any atom is -0.338 e. The van der Waals surface area contributed by atoms with Crippen molar-refractivity contribution in [1.82, 2.24) is 10.6 Å². The van der Waals surface area contributed by atoms with Gasteiger partial charge < -0.3 is 10.6 Å². The Morgan fingerprint density at radius 1 is 1.44 bits per heavy atom. The van der Waals surface area contributed by atoms with Crippen LogP contribution in [0.4, 0.5) is 4.79 Å². The standard InChI is InChI=1S/C11H17BrN2OS/c1-11(2,3)14-10(15)13-7-6-8-4-5-9(12)16-8/h4-5H,6-7H2,1-3H3,(H2,13,14,15). The summed E-state index contributed by atoms with van der Waals surface area (Å²) in [4.78, 5) is 12.7. The number of carbonyl (C=O) groups is 1. The highest BCUT2D eigenvalue weighted by Gasteiger charge is 2.12. The molecule has 3 nitrogen and oxygen atoms in total. The number of halogens is 1. The molecule has 1 aromatic heterocycles. The number of carbonyl (C=O) groups excluding carboxylic acids is 1. The lowest BCUT2D eigenvalue weighted by Gasteiger charge is -2.20. The van der Waals surface area contributed by atoms with Crippen LogP contribution in [0.15, 0.2) is 15.9 Å². The molecule has 0 unspecified atom stereocenters. The Kier molecular flexibility index (Phi) is 4.80. The Labute approximate surface area is 109 Å². The maximum absolute atomic E-state index is 11.4. The lowest BCUT2D eigenvalue weighted by atomic mass is 10.1. The summed E-state index contributed by atoms with van der Waals surface area (Å²) in [5.74, 6) is 0. The molecule has 0 saturated carbocycles. The zero-order chi connectivity index (χ0) is 12.2. The fourth-order valence-corrected chi connectivity index (χ4v) is 2.65. The van der Waals surface area contributed by atoms with Gasteiger partial charge in [-0.05, 0) is 55.3 Å². The van der Waals surface area contributed by atoms with Gasteiger partial charge >= 0.3 is 6.03 Å². The number of rotatable bonds is 3. The molecule has 0 bridgehead atoms. The van der Waals surface area contributed by atoms with Gasteiger partial charge in [-0.1, -0.05) is 0 Å². The van der Waals surface area contributed by atoms with Crippen LogP contribution in [0.1, 0.15) is 25.6 Å². The first-order chi connectivity index (χ1) is 7.37. The number of hydrogen-bond acceptors (Lipinski definition) is 2. The fraction of sp³-hybridized carbons (Fsp3) is 0.545. The van der Waals surface area contributed by atoms with Crippen molar-refractivity contribution in [2.45, 2.75) is 32.7 Å². The number of urea groups is 1. The molecule has 0 aromatic carbocycles. The SMILES string of the molecule is CC(C)(C)NC(=O)NCCc1ccc(Br)s1. The van der Waals surface area contributed by atoms with Gasteiger partial charge in [-0.15, -0.1) is 11.3 Å². The molecule has 0 aliphatic rings. The predicted octanol–water partition coefficient (Wildman–Crippen LogP) is 3.15. The highest BCUT2D eigenvalue weighted by atomic mass is 79.9. The van der Waals surface area contributed by atoms with Gasteiger partial charge in [0.2, 0.25) is 0 Å². The van der Waals surface area contributed by atoms with E-state index in [2.05, 4.69) is 32.6 Å². The molecular formula is C11H17BrN2OS. The summed E-state index contributed by atoms with van der Waals surface area (Å²) < 4.78 is 1.13. The third kappa shape index (κ3) is 5.51. The summed E-state index contributed by atoms with van der Waals surface area (Å²) in [5, 5.41) is 5.69. The predicted molar refractivity (Wildman–Crippen MR) is 72.0 cm³/mol. The molecule has 1 heterocycles. The Hall–Kier alpha value is -0.550. The topological polar surface area (TPSA) is 41.1 Å². The van der Waals surface area contributed by atoms with Gasteiger partial charge in [0.05, 0.1) is 3.79 Å². The minimum atomic E-state index is -0.184. The van der Waals surface area contributed by atoms with Crippen LogP contribution >= 0.6 is 27.3 Å². The molecule has 0 spiro atoms. The van der Waals surface area contributed by atoms with E-state index in [1.807, 2.05) is 26.8 Å². The molecule has 16 heavy (non-hydrogen) atoms. The van der Waals surface area contributed by atoms with E-state index in [1.54, 1.807) is 11.3 Å². The molecule has 2 amide bonds. The molecule has 0 aliphatic heterocycles. The molecule has 1 aromatic rings. The Balaban J connectivity index is 2.23. The van der Waals surface area contributed by atoms with Crippen molar-refractivity contribution >= 4 is 33.3 Å². The monoisotopic (exact) mass is 304 g/mol. The normalized spacial score (nSPS) is 11.2. The molecule has 0 saturated heterocycles. The first-order valence-corrected chi connectivity index (χ1v) is 6.78. The van der Waals surface area contributed by atoms with Crippen molar-refractivity contribution in [3.63, 3.8) is 0 Å². The highest BCUT2D eigenvalue weighted by molar-refractivity contribution is 9.11. The second-order valence-electron chi connectivity index (χ2n) is 4.59. The molecule has 0 aliphatic carbocycles. The van der Waals surface area contributed by atoms with E-state index in [1.165, 1.54) is 4.88 Å². The number of thiophene rings is 1. The van der Waals surface area contributed by atoms with E-state index in [0.717, 1.165) is 10.2 Å². The highest BCUT2D eigenvalue weighted by Crippen LogP contribution is 2.21. The van der Waals surface area contributed by atoms with Crippen LogP contribution in [0.25, 0.3) is 0 Å². The van der Waals surface area contributed by atoms with Crippen molar-refractivity contribution in [1.29, 1.82) is 0 Å². The van der Waals surface area contributed by atoms with Gasteiger partial charge in [0.15, 0.2) is 0 Å². The molecule has 0 fully saturated rings. The summed E-state index contributed by atoms with van der Waals surface area (Å²) in [5.41, 5.74) is -0.184. The maximum atomic E-state index is 11.4. The lowest BCUT2D eigenvalue weighted by molar-refractivity contribution is 0.232. The molecular weight excluding hydrogens is 288 g/mol. The second kappa shape index (κ2) is 5.68. The van der Waals surface area contributed by atoms with Gasteiger partial charge in [0, 0.05) is 17.0 Å². The smallest absolute Gasteiger partial charge is 0.315 e. The molecule has 2 N–H and O–H groups in total. The van der Waals surface area contributed by atoms with E-state index in [-0.39, 0.29) is 11.6 Å². The Bertz CT molecular complexity index is 357. The van der Waals surface area contributed by atoms with Crippen LogP contribution in [0.3, 0.4) is 0 Å². The van der Waals surface area contributed by atoms with Crippen molar-refractivity contribution in [2.24, 2.45) is 0 Å². The number of hydrogen-bond donors (Lipinski definition) is 2. The fourth-order valence-electron chi connectivity index (χ4n) is 1.17. The van der Waals surface area contributed by atoms with Crippen LogP contribution in [-0.2, 0) is 6.42 Å². The third-order valence-electron chi connectivity index (χ3n) is 1.77. The van der Waals surface area contributed by atoms with Gasteiger partial charge in [-0.25, -0.2) is 4.79 Å². The van der Waals surface area contributed by atoms with Gasteiger partial charge in [0.25, 0.3) is 0 Å². The van der Waals surface area contributed by atoms with Crippen LogP contribution in [0.5, 0.6) is 0 Å². The molecule has 90 valence electrons.